The predicted octanol–water partition coefficient (Wildman–Crippen LogP) is 2.58. The Labute approximate surface area is 117 Å². The number of benzene rings is 1. The number of nitrogens with two attached hydrogens (primary N) is 1. The number of rotatable bonds is 1. The molecule has 4 aromatic rings. The predicted molar refractivity (Wildman–Crippen MR) is 77.7 cm³/mol. The van der Waals surface area contributed by atoms with Crippen molar-refractivity contribution in [3.8, 4) is 11.3 Å². The van der Waals surface area contributed by atoms with E-state index in [-0.39, 0.29) is 17.0 Å². The summed E-state index contributed by atoms with van der Waals surface area (Å²) in [7, 11) is 0. The molecule has 21 heavy (non-hydrogen) atoms. The van der Waals surface area contributed by atoms with Crippen molar-refractivity contribution in [2.75, 3.05) is 5.73 Å². The number of anilines is 1. The van der Waals surface area contributed by atoms with Crippen LogP contribution in [0, 0.1) is 0 Å². The molecule has 0 spiro atoms. The van der Waals surface area contributed by atoms with E-state index in [1.165, 1.54) is 6.20 Å². The van der Waals surface area contributed by atoms with Crippen LogP contribution in [0.2, 0.25) is 0 Å². The standard InChI is InChI=1S/C15H9N3O3/c16-13-11-9(6-7-17-13)10-12(8-4-2-1-3-5-8)18-21-15(10)20-14(11)19/h1-7H,(H2,16,17). The van der Waals surface area contributed by atoms with Crippen LogP contribution in [0.1, 0.15) is 0 Å². The van der Waals surface area contributed by atoms with Crippen molar-refractivity contribution >= 4 is 27.8 Å². The zero-order valence-corrected chi connectivity index (χ0v) is 10.7. The first-order chi connectivity index (χ1) is 10.3. The average Bonchev–Trinajstić information content (AvgIpc) is 2.92. The minimum atomic E-state index is -0.584. The summed E-state index contributed by atoms with van der Waals surface area (Å²) in [6.45, 7) is 0. The number of hydrogen-bond acceptors (Lipinski definition) is 6. The lowest BCUT2D eigenvalue weighted by molar-refractivity contribution is 0.379. The second kappa shape index (κ2) is 4.17. The second-order valence-corrected chi connectivity index (χ2v) is 4.57. The van der Waals surface area contributed by atoms with Gasteiger partial charge in [-0.05, 0) is 6.07 Å². The van der Waals surface area contributed by atoms with E-state index in [1.54, 1.807) is 6.07 Å². The van der Waals surface area contributed by atoms with Crippen molar-refractivity contribution in [2.45, 2.75) is 0 Å². The van der Waals surface area contributed by atoms with Crippen LogP contribution in [-0.4, -0.2) is 10.1 Å². The van der Waals surface area contributed by atoms with E-state index >= 15 is 0 Å². The quantitative estimate of drug-likeness (QED) is 0.575. The molecule has 0 radical (unpaired) electrons. The maximum absolute atomic E-state index is 12.0. The van der Waals surface area contributed by atoms with E-state index in [1.807, 2.05) is 30.3 Å². The molecule has 0 aliphatic heterocycles. The Morgan fingerprint density at radius 3 is 2.67 bits per heavy atom. The van der Waals surface area contributed by atoms with Crippen molar-refractivity contribution in [2.24, 2.45) is 0 Å². The third-order valence-electron chi connectivity index (χ3n) is 3.35. The third-order valence-corrected chi connectivity index (χ3v) is 3.35. The van der Waals surface area contributed by atoms with Crippen molar-refractivity contribution in [1.82, 2.24) is 10.1 Å². The minimum Gasteiger partial charge on any atom is -0.387 e. The van der Waals surface area contributed by atoms with Gasteiger partial charge in [0.15, 0.2) is 0 Å². The molecule has 4 rings (SSSR count). The molecule has 0 unspecified atom stereocenters. The summed E-state index contributed by atoms with van der Waals surface area (Å²) in [5.74, 6) is 0.209. The summed E-state index contributed by atoms with van der Waals surface area (Å²) in [6, 6.07) is 11.2. The number of fused-ring (bicyclic) bond motifs is 3. The Hall–Kier alpha value is -3.15. The smallest absolute Gasteiger partial charge is 0.350 e. The van der Waals surface area contributed by atoms with Crippen molar-refractivity contribution in [3.05, 3.63) is 53.0 Å². The van der Waals surface area contributed by atoms with Gasteiger partial charge in [-0.3, -0.25) is 0 Å². The molecule has 3 aromatic heterocycles. The van der Waals surface area contributed by atoms with Crippen LogP contribution < -0.4 is 11.4 Å². The molecule has 0 bridgehead atoms. The first-order valence-electron chi connectivity index (χ1n) is 6.28. The van der Waals surface area contributed by atoms with E-state index in [9.17, 15) is 4.79 Å². The molecule has 0 atom stereocenters. The molecule has 0 saturated heterocycles. The average molecular weight is 279 g/mol. The Kier molecular flexibility index (Phi) is 2.32. The van der Waals surface area contributed by atoms with Gasteiger partial charge in [0.25, 0.3) is 0 Å². The summed E-state index contributed by atoms with van der Waals surface area (Å²) in [4.78, 5) is 15.9. The molecule has 0 saturated carbocycles. The highest BCUT2D eigenvalue weighted by Crippen LogP contribution is 2.33. The summed E-state index contributed by atoms with van der Waals surface area (Å²) in [5, 5.41) is 5.49. The molecule has 6 heteroatoms. The van der Waals surface area contributed by atoms with Gasteiger partial charge in [0, 0.05) is 17.1 Å². The first kappa shape index (κ1) is 11.7. The second-order valence-electron chi connectivity index (χ2n) is 4.57. The number of hydrogen-bond donors (Lipinski definition) is 1. The number of nitrogen functional groups attached to an aromatic ring is 1. The lowest BCUT2D eigenvalue weighted by Crippen LogP contribution is -2.04. The monoisotopic (exact) mass is 279 g/mol. The van der Waals surface area contributed by atoms with Crippen LogP contribution in [0.15, 0.2) is 56.3 Å². The molecule has 6 nitrogen and oxygen atoms in total. The molecule has 1 aromatic carbocycles. The van der Waals surface area contributed by atoms with E-state index in [2.05, 4.69) is 10.1 Å². The molecule has 0 fully saturated rings. The number of aromatic nitrogens is 2. The maximum atomic E-state index is 12.0. The van der Waals surface area contributed by atoms with Gasteiger partial charge in [-0.15, -0.1) is 0 Å². The van der Waals surface area contributed by atoms with Crippen LogP contribution in [-0.2, 0) is 0 Å². The molecule has 0 amide bonds. The molecule has 0 aliphatic carbocycles. The summed E-state index contributed by atoms with van der Waals surface area (Å²) >= 11 is 0. The fraction of sp³-hybridized carbons (Fsp3) is 0. The van der Waals surface area contributed by atoms with Crippen LogP contribution in [0.5, 0.6) is 0 Å². The summed E-state index contributed by atoms with van der Waals surface area (Å²) in [5.41, 5.74) is 6.66. The van der Waals surface area contributed by atoms with Gasteiger partial charge >= 0.3 is 11.4 Å². The van der Waals surface area contributed by atoms with E-state index in [4.69, 9.17) is 14.7 Å². The highest BCUT2D eigenvalue weighted by atomic mass is 16.6. The van der Waals surface area contributed by atoms with Crippen molar-refractivity contribution in [3.63, 3.8) is 0 Å². The zero-order valence-electron chi connectivity index (χ0n) is 10.7. The van der Waals surface area contributed by atoms with Crippen LogP contribution in [0.25, 0.3) is 33.2 Å². The summed E-state index contributed by atoms with van der Waals surface area (Å²) in [6.07, 6.45) is 1.54. The molecule has 3 heterocycles. The molecule has 0 aliphatic rings. The first-order valence-corrected chi connectivity index (χ1v) is 6.28. The molecular formula is C15H9N3O3. The fourth-order valence-corrected chi connectivity index (χ4v) is 2.41. The Morgan fingerprint density at radius 1 is 1.05 bits per heavy atom. The Bertz CT molecular complexity index is 1020. The van der Waals surface area contributed by atoms with Crippen LogP contribution in [0.4, 0.5) is 5.82 Å². The lowest BCUT2D eigenvalue weighted by Gasteiger charge is -2.01. The van der Waals surface area contributed by atoms with Gasteiger partial charge in [0.1, 0.15) is 16.9 Å². The SMILES string of the molecule is Nc1nccc2c1c(=O)oc1onc(-c3ccccc3)c12. The topological polar surface area (TPSA) is 95.2 Å². The number of pyridine rings is 1. The fourth-order valence-electron chi connectivity index (χ4n) is 2.41. The third kappa shape index (κ3) is 1.62. The van der Waals surface area contributed by atoms with Gasteiger partial charge in [0.2, 0.25) is 0 Å². The van der Waals surface area contributed by atoms with Crippen molar-refractivity contribution < 1.29 is 8.94 Å². The van der Waals surface area contributed by atoms with E-state index in [0.29, 0.717) is 16.5 Å². The van der Waals surface area contributed by atoms with Gasteiger partial charge in [-0.25, -0.2) is 9.78 Å². The van der Waals surface area contributed by atoms with E-state index in [0.717, 1.165) is 5.56 Å². The molecular weight excluding hydrogens is 270 g/mol. The molecule has 102 valence electrons. The normalized spacial score (nSPS) is 11.2. The minimum absolute atomic E-state index is 0.0805. The Morgan fingerprint density at radius 2 is 1.86 bits per heavy atom. The van der Waals surface area contributed by atoms with Crippen LogP contribution in [0.3, 0.4) is 0 Å². The zero-order chi connectivity index (χ0) is 14.4. The van der Waals surface area contributed by atoms with Gasteiger partial charge < -0.3 is 14.7 Å². The Balaban J connectivity index is 2.22. The molecule has 2 N–H and O–H groups in total. The van der Waals surface area contributed by atoms with E-state index < -0.39 is 5.63 Å². The van der Waals surface area contributed by atoms with Gasteiger partial charge in [-0.1, -0.05) is 35.5 Å². The summed E-state index contributed by atoms with van der Waals surface area (Å²) < 4.78 is 10.3. The lowest BCUT2D eigenvalue weighted by atomic mass is 10.1. The van der Waals surface area contributed by atoms with Crippen LogP contribution >= 0.6 is 0 Å². The largest absolute Gasteiger partial charge is 0.387 e. The van der Waals surface area contributed by atoms with Crippen molar-refractivity contribution in [1.29, 1.82) is 0 Å². The maximum Gasteiger partial charge on any atom is 0.350 e. The van der Waals surface area contributed by atoms with Gasteiger partial charge in [-0.2, -0.15) is 0 Å². The number of nitrogens with zero attached hydrogens (tertiary/aromatic N) is 2. The highest BCUT2D eigenvalue weighted by Gasteiger charge is 2.19. The highest BCUT2D eigenvalue weighted by molar-refractivity contribution is 6.11. The van der Waals surface area contributed by atoms with Gasteiger partial charge in [0.05, 0.1) is 5.39 Å².